The third-order valence-corrected chi connectivity index (χ3v) is 7.02. The maximum atomic E-state index is 8.83. The van der Waals surface area contributed by atoms with E-state index in [0.29, 0.717) is 31.2 Å². The number of hydrogen-bond donors (Lipinski definition) is 0. The van der Waals surface area contributed by atoms with Crippen LogP contribution in [0.1, 0.15) is 36.8 Å². The van der Waals surface area contributed by atoms with E-state index in [1.165, 1.54) is 18.9 Å². The number of hydrogen-bond acceptors (Lipinski definition) is 5. The summed E-state index contributed by atoms with van der Waals surface area (Å²) >= 11 is 3.65. The molecule has 8 heteroatoms. The van der Waals surface area contributed by atoms with E-state index in [4.69, 9.17) is 15.0 Å². The van der Waals surface area contributed by atoms with Crippen LogP contribution in [0, 0.1) is 11.3 Å². The summed E-state index contributed by atoms with van der Waals surface area (Å²) in [5.41, 5.74) is 1.83. The zero-order valence-corrected chi connectivity index (χ0v) is 19.5. The van der Waals surface area contributed by atoms with Gasteiger partial charge in [0, 0.05) is 46.2 Å². The van der Waals surface area contributed by atoms with Crippen LogP contribution in [0.15, 0.2) is 16.9 Å². The number of nitriles is 1. The highest BCUT2D eigenvalue weighted by Gasteiger charge is 2.31. The molecule has 1 saturated carbocycles. The predicted octanol–water partition coefficient (Wildman–Crippen LogP) is 4.79. The molecule has 1 aliphatic carbocycles. The molecule has 0 atom stereocenters. The fourth-order valence-electron chi connectivity index (χ4n) is 3.02. The summed E-state index contributed by atoms with van der Waals surface area (Å²) in [6.07, 6.45) is 5.13. The Morgan fingerprint density at radius 3 is 2.75 bits per heavy atom. The van der Waals surface area contributed by atoms with Gasteiger partial charge in [0.15, 0.2) is 0 Å². The molecule has 0 spiro atoms. The van der Waals surface area contributed by atoms with E-state index in [0.717, 1.165) is 35.0 Å². The van der Waals surface area contributed by atoms with Crippen molar-refractivity contribution in [3.8, 4) is 17.5 Å². The first kappa shape index (κ1) is 21.2. The van der Waals surface area contributed by atoms with Gasteiger partial charge in [0.05, 0.1) is 18.4 Å². The lowest BCUT2D eigenvalue weighted by Gasteiger charge is -2.16. The van der Waals surface area contributed by atoms with Crippen molar-refractivity contribution in [1.29, 1.82) is 5.26 Å². The minimum absolute atomic E-state index is 0.419. The fourth-order valence-corrected chi connectivity index (χ4v) is 4.37. The second kappa shape index (κ2) is 9.29. The van der Waals surface area contributed by atoms with Gasteiger partial charge in [-0.2, -0.15) is 5.26 Å². The van der Waals surface area contributed by atoms with Crippen LogP contribution in [0.2, 0.25) is 25.7 Å². The van der Waals surface area contributed by atoms with Crippen molar-refractivity contribution < 1.29 is 4.74 Å². The quantitative estimate of drug-likeness (QED) is 0.375. The monoisotopic (exact) mass is 461 g/mol. The highest BCUT2D eigenvalue weighted by Crippen LogP contribution is 2.42. The maximum Gasteiger partial charge on any atom is 0.134 e. The third-order valence-electron chi connectivity index (χ3n) is 4.76. The smallest absolute Gasteiger partial charge is 0.134 e. The summed E-state index contributed by atoms with van der Waals surface area (Å²) in [5.74, 6) is 2.35. The number of ether oxygens (including phenoxy) is 1. The molecule has 28 heavy (non-hydrogen) atoms. The first-order valence-corrected chi connectivity index (χ1v) is 14.4. The average Bonchev–Trinajstić information content (AvgIpc) is 3.43. The summed E-state index contributed by atoms with van der Waals surface area (Å²) in [5, 5.41) is 8.83. The second-order valence-electron chi connectivity index (χ2n) is 8.47. The molecule has 2 heterocycles. The molecule has 0 unspecified atom stereocenters. The van der Waals surface area contributed by atoms with Gasteiger partial charge >= 0.3 is 0 Å². The summed E-state index contributed by atoms with van der Waals surface area (Å²) in [4.78, 5) is 13.8. The van der Waals surface area contributed by atoms with E-state index in [1.54, 1.807) is 6.20 Å². The Labute approximate surface area is 176 Å². The average molecular weight is 462 g/mol. The molecule has 0 radical (unpaired) electrons. The Morgan fingerprint density at radius 1 is 1.29 bits per heavy atom. The molecule has 1 aliphatic rings. The molecule has 150 valence electrons. The summed E-state index contributed by atoms with van der Waals surface area (Å²) < 4.78 is 9.03. The lowest BCUT2D eigenvalue weighted by Crippen LogP contribution is -2.22. The Kier molecular flexibility index (Phi) is 7.02. The Bertz CT molecular complexity index is 851. The summed E-state index contributed by atoms with van der Waals surface area (Å²) in [6, 6.07) is 5.25. The zero-order chi connectivity index (χ0) is 20.1. The molecule has 0 saturated heterocycles. The molecule has 2 aromatic rings. The predicted molar refractivity (Wildman–Crippen MR) is 116 cm³/mol. The van der Waals surface area contributed by atoms with Crippen LogP contribution in [0.5, 0.6) is 0 Å². The van der Waals surface area contributed by atoms with Crippen LogP contribution in [-0.2, 0) is 17.7 Å². The fraction of sp³-hybridized carbons (Fsp3) is 0.600. The molecule has 0 N–H and O–H groups in total. The van der Waals surface area contributed by atoms with E-state index < -0.39 is 8.07 Å². The van der Waals surface area contributed by atoms with E-state index in [2.05, 4.69) is 56.2 Å². The lowest BCUT2D eigenvalue weighted by atomic mass is 10.2. The number of nitrogens with zero attached hydrogens (tertiary/aromatic N) is 5. The van der Waals surface area contributed by atoms with Crippen molar-refractivity contribution in [3.63, 3.8) is 0 Å². The van der Waals surface area contributed by atoms with Crippen LogP contribution in [0.4, 0.5) is 0 Å². The highest BCUT2D eigenvalue weighted by molar-refractivity contribution is 9.10. The molecule has 0 aliphatic heterocycles. The Morgan fingerprint density at radius 2 is 2.07 bits per heavy atom. The van der Waals surface area contributed by atoms with Crippen molar-refractivity contribution in [3.05, 3.63) is 28.5 Å². The largest absolute Gasteiger partial charge is 0.380 e. The summed E-state index contributed by atoms with van der Waals surface area (Å²) in [7, 11) is -1.07. The van der Waals surface area contributed by atoms with Gasteiger partial charge in [-0.1, -0.05) is 19.6 Å². The lowest BCUT2D eigenvalue weighted by molar-refractivity contribution is 0.138. The minimum Gasteiger partial charge on any atom is -0.380 e. The molecular weight excluding hydrogens is 434 g/mol. The van der Waals surface area contributed by atoms with Gasteiger partial charge < -0.3 is 9.30 Å². The molecule has 6 nitrogen and oxygen atoms in total. The standard InChI is InChI=1S/C20H28BrN5OSi/c1-28(2,3)14-13-27-12-11-26-18(19(21)25-20(26)15-6-7-15)16-8-10-23-17(24-16)5-4-9-22/h8,10,15H,4-7,11-14H2,1-3H3. The van der Waals surface area contributed by atoms with Gasteiger partial charge in [-0.05, 0) is 40.9 Å². The van der Waals surface area contributed by atoms with Gasteiger partial charge in [-0.3, -0.25) is 0 Å². The molecule has 0 bridgehead atoms. The zero-order valence-electron chi connectivity index (χ0n) is 16.9. The van der Waals surface area contributed by atoms with Gasteiger partial charge in [0.25, 0.3) is 0 Å². The first-order valence-electron chi connectivity index (χ1n) is 9.92. The topological polar surface area (TPSA) is 76.6 Å². The number of imidazole rings is 1. The minimum atomic E-state index is -1.07. The molecular formula is C20H28BrN5OSi. The number of halogens is 1. The molecule has 3 rings (SSSR count). The van der Waals surface area contributed by atoms with Crippen molar-refractivity contribution in [2.75, 3.05) is 13.2 Å². The van der Waals surface area contributed by atoms with Crippen molar-refractivity contribution in [1.82, 2.24) is 19.5 Å². The van der Waals surface area contributed by atoms with E-state index in [9.17, 15) is 0 Å². The Balaban J connectivity index is 1.78. The Hall–Kier alpha value is -1.56. The number of rotatable bonds is 10. The van der Waals surface area contributed by atoms with Gasteiger partial charge in [0.2, 0.25) is 0 Å². The molecule has 0 amide bonds. The van der Waals surface area contributed by atoms with Crippen LogP contribution in [0.3, 0.4) is 0 Å². The SMILES string of the molecule is C[Si](C)(C)CCOCCn1c(C2CC2)nc(Br)c1-c1ccnc(CCC#N)n1. The van der Waals surface area contributed by atoms with E-state index >= 15 is 0 Å². The molecule has 2 aromatic heterocycles. The van der Waals surface area contributed by atoms with Gasteiger partial charge in [-0.25, -0.2) is 15.0 Å². The second-order valence-corrected chi connectivity index (χ2v) is 14.8. The van der Waals surface area contributed by atoms with Crippen LogP contribution < -0.4 is 0 Å². The van der Waals surface area contributed by atoms with E-state index in [1.807, 2.05) is 6.07 Å². The van der Waals surface area contributed by atoms with Crippen molar-refractivity contribution in [2.45, 2.75) is 63.8 Å². The first-order chi connectivity index (χ1) is 13.4. The van der Waals surface area contributed by atoms with Crippen molar-refractivity contribution >= 4 is 24.0 Å². The maximum absolute atomic E-state index is 8.83. The molecule has 0 aromatic carbocycles. The van der Waals surface area contributed by atoms with Crippen LogP contribution in [0.25, 0.3) is 11.4 Å². The molecule has 1 fully saturated rings. The van der Waals surface area contributed by atoms with Gasteiger partial charge in [0.1, 0.15) is 21.9 Å². The number of aromatic nitrogens is 4. The van der Waals surface area contributed by atoms with E-state index in [-0.39, 0.29) is 0 Å². The third kappa shape index (κ3) is 5.72. The van der Waals surface area contributed by atoms with Gasteiger partial charge in [-0.15, -0.1) is 0 Å². The number of aryl methyl sites for hydroxylation is 1. The summed E-state index contributed by atoms with van der Waals surface area (Å²) in [6.45, 7) is 9.36. The van der Waals surface area contributed by atoms with Crippen LogP contribution >= 0.6 is 15.9 Å². The normalized spacial score (nSPS) is 14.2. The highest BCUT2D eigenvalue weighted by atomic mass is 79.9. The van der Waals surface area contributed by atoms with Crippen molar-refractivity contribution in [2.24, 2.45) is 0 Å². The van der Waals surface area contributed by atoms with Crippen LogP contribution in [-0.4, -0.2) is 40.8 Å².